The minimum Gasteiger partial charge on any atom is -0.308 e. The number of allylic oxidation sites excluding steroid dienone is 2. The van der Waals surface area contributed by atoms with Crippen LogP contribution in [0.1, 0.15) is 42.8 Å². The van der Waals surface area contributed by atoms with Crippen LogP contribution in [-0.4, -0.2) is 25.8 Å². The molecular formula is C32H29N5O. The fourth-order valence-electron chi connectivity index (χ4n) is 6.38. The summed E-state index contributed by atoms with van der Waals surface area (Å²) in [6.07, 6.45) is 5.42. The minimum atomic E-state index is -0.485. The Hall–Kier alpha value is -4.37. The molecule has 2 aromatic heterocycles. The van der Waals surface area contributed by atoms with Crippen LogP contribution in [0, 0.1) is 32.3 Å². The molecule has 2 aliphatic carbocycles. The van der Waals surface area contributed by atoms with E-state index in [4.69, 9.17) is 11.7 Å². The molecule has 38 heavy (non-hydrogen) atoms. The van der Waals surface area contributed by atoms with E-state index in [1.54, 1.807) is 6.20 Å². The van der Waals surface area contributed by atoms with Crippen molar-refractivity contribution in [1.29, 1.82) is 0 Å². The van der Waals surface area contributed by atoms with Crippen LogP contribution in [-0.2, 0) is 16.6 Å². The summed E-state index contributed by atoms with van der Waals surface area (Å²) < 4.78 is 2.05. The van der Waals surface area contributed by atoms with Crippen molar-refractivity contribution in [1.82, 2.24) is 20.0 Å². The van der Waals surface area contributed by atoms with Crippen LogP contribution >= 0.6 is 0 Å². The lowest BCUT2D eigenvalue weighted by Crippen LogP contribution is -2.46. The monoisotopic (exact) mass is 499 g/mol. The van der Waals surface area contributed by atoms with E-state index in [0.717, 1.165) is 52.3 Å². The summed E-state index contributed by atoms with van der Waals surface area (Å²) in [6.45, 7) is 15.9. The molecule has 0 radical (unpaired) electrons. The molecule has 3 atom stereocenters. The predicted molar refractivity (Wildman–Crippen MR) is 148 cm³/mol. The molecule has 6 heteroatoms. The number of ketones is 1. The van der Waals surface area contributed by atoms with Gasteiger partial charge < -0.3 is 4.79 Å². The topological polar surface area (TPSA) is 65.0 Å². The van der Waals surface area contributed by atoms with Gasteiger partial charge in [0.2, 0.25) is 5.70 Å². The molecule has 0 saturated carbocycles. The Bertz CT molecular complexity index is 1640. The van der Waals surface area contributed by atoms with Crippen molar-refractivity contribution in [2.45, 2.75) is 46.0 Å². The third-order valence-electron chi connectivity index (χ3n) is 8.34. The molecule has 188 valence electrons. The van der Waals surface area contributed by atoms with Crippen LogP contribution in [0.4, 0.5) is 0 Å². The van der Waals surface area contributed by atoms with Crippen LogP contribution in [0.25, 0.3) is 32.9 Å². The summed E-state index contributed by atoms with van der Waals surface area (Å²) in [5.74, 6) is -0.140. The van der Waals surface area contributed by atoms with E-state index in [1.807, 2.05) is 26.0 Å². The van der Waals surface area contributed by atoms with Gasteiger partial charge >= 0.3 is 0 Å². The molecule has 2 aliphatic rings. The highest BCUT2D eigenvalue weighted by atomic mass is 16.1. The molecule has 0 unspecified atom stereocenters. The number of carbonyl (C=O) groups excluding carboxylic acids is 1. The van der Waals surface area contributed by atoms with Crippen molar-refractivity contribution < 1.29 is 4.79 Å². The smallest absolute Gasteiger partial charge is 0.226 e. The molecule has 0 saturated heterocycles. The number of fused-ring (bicyclic) bond motifs is 3. The van der Waals surface area contributed by atoms with E-state index in [9.17, 15) is 4.79 Å². The van der Waals surface area contributed by atoms with Crippen LogP contribution < -0.4 is 0 Å². The molecule has 0 N–H and O–H groups in total. The summed E-state index contributed by atoms with van der Waals surface area (Å²) in [7, 11) is 0. The van der Waals surface area contributed by atoms with Gasteiger partial charge in [-0.3, -0.25) is 0 Å². The van der Waals surface area contributed by atoms with E-state index in [-0.39, 0.29) is 23.3 Å². The first-order chi connectivity index (χ1) is 18.3. The molecule has 6 rings (SSSR count). The molecule has 6 nitrogen and oxygen atoms in total. The quantitative estimate of drug-likeness (QED) is 0.304. The third kappa shape index (κ3) is 3.69. The fourth-order valence-corrected chi connectivity index (χ4v) is 6.38. The highest BCUT2D eigenvalue weighted by Gasteiger charge is 2.50. The first-order valence-electron chi connectivity index (χ1n) is 13.0. The molecule has 0 spiro atoms. The van der Waals surface area contributed by atoms with Crippen LogP contribution in [0.5, 0.6) is 0 Å². The van der Waals surface area contributed by atoms with Gasteiger partial charge in [-0.25, -0.2) is 9.53 Å². The maximum atomic E-state index is 13.0. The lowest BCUT2D eigenvalue weighted by molar-refractivity contribution is -0.121. The minimum absolute atomic E-state index is 0.0404. The van der Waals surface area contributed by atoms with Crippen LogP contribution in [0.3, 0.4) is 0 Å². The number of aryl methyl sites for hydroxylation is 2. The molecule has 2 heterocycles. The Balaban J connectivity index is 1.56. The Labute approximate surface area is 222 Å². The van der Waals surface area contributed by atoms with E-state index >= 15 is 0 Å². The summed E-state index contributed by atoms with van der Waals surface area (Å²) in [5, 5.41) is 13.4. The molecule has 0 amide bonds. The zero-order valence-electron chi connectivity index (χ0n) is 22.1. The largest absolute Gasteiger partial charge is 0.308 e. The lowest BCUT2D eigenvalue weighted by atomic mass is 9.58. The van der Waals surface area contributed by atoms with Crippen molar-refractivity contribution >= 4 is 5.78 Å². The summed E-state index contributed by atoms with van der Waals surface area (Å²) in [6, 6.07) is 18.9. The van der Waals surface area contributed by atoms with Gasteiger partial charge in [-0.2, -0.15) is 15.3 Å². The standard InChI is InChI=1S/C32H29N5O/c1-19-6-8-23(9-7-19)29-26-14-15-27-21(3)30(38)28(33-5)17-32(27,4)31(26)37(36-29)25-12-10-22(11-13-25)24-16-20(2)35-34-18-24/h6-13,16-18,21,27H,14-15H2,1-4H3/t21-,27-,32-/m1/s1. The van der Waals surface area contributed by atoms with Crippen molar-refractivity contribution in [2.24, 2.45) is 11.8 Å². The third-order valence-corrected chi connectivity index (χ3v) is 8.34. The van der Waals surface area contributed by atoms with Crippen molar-refractivity contribution in [3.05, 3.63) is 106 Å². The number of nitrogens with zero attached hydrogens (tertiary/aromatic N) is 5. The Morgan fingerprint density at radius 3 is 2.42 bits per heavy atom. The van der Waals surface area contributed by atoms with Crippen molar-refractivity contribution in [2.75, 3.05) is 0 Å². The number of hydrogen-bond acceptors (Lipinski definition) is 4. The molecule has 4 aromatic rings. The number of carbonyl (C=O) groups is 1. The summed E-state index contributed by atoms with van der Waals surface area (Å²) in [4.78, 5) is 16.6. The predicted octanol–water partition coefficient (Wildman–Crippen LogP) is 6.46. The number of hydrogen-bond donors (Lipinski definition) is 0. The summed E-state index contributed by atoms with van der Waals surface area (Å²) in [5.41, 5.74) is 9.19. The average Bonchev–Trinajstić information content (AvgIpc) is 3.32. The lowest BCUT2D eigenvalue weighted by Gasteiger charge is -2.45. The SMILES string of the molecule is [C-]#[N+]C1=C[C@@]2(C)c3c(c(-c4ccc(C)cc4)nn3-c3ccc(-c4cnnc(C)c4)cc3)CC[C@@H]2[C@@H](C)C1=O. The van der Waals surface area contributed by atoms with Gasteiger partial charge in [-0.15, -0.1) is 0 Å². The maximum Gasteiger partial charge on any atom is 0.226 e. The van der Waals surface area contributed by atoms with Crippen LogP contribution in [0.2, 0.25) is 0 Å². The average molecular weight is 500 g/mol. The Morgan fingerprint density at radius 2 is 1.74 bits per heavy atom. The first-order valence-corrected chi connectivity index (χ1v) is 13.0. The Morgan fingerprint density at radius 1 is 1.03 bits per heavy atom. The molecule has 0 bridgehead atoms. The first kappa shape index (κ1) is 24.0. The number of aromatic nitrogens is 4. The van der Waals surface area contributed by atoms with Gasteiger partial charge in [-0.05, 0) is 56.4 Å². The molecule has 2 aromatic carbocycles. The second kappa shape index (κ2) is 8.88. The normalized spacial score (nSPS) is 22.3. The van der Waals surface area contributed by atoms with E-state index in [0.29, 0.717) is 0 Å². The zero-order valence-corrected chi connectivity index (χ0v) is 22.1. The van der Waals surface area contributed by atoms with Gasteiger partial charge in [0.1, 0.15) is 0 Å². The highest BCUT2D eigenvalue weighted by Crippen LogP contribution is 2.52. The van der Waals surface area contributed by atoms with Crippen molar-refractivity contribution in [3.63, 3.8) is 0 Å². The number of benzene rings is 2. The highest BCUT2D eigenvalue weighted by molar-refractivity contribution is 6.00. The number of rotatable bonds is 3. The van der Waals surface area contributed by atoms with E-state index < -0.39 is 5.41 Å². The Kier molecular flexibility index (Phi) is 5.61. The van der Waals surface area contributed by atoms with Gasteiger partial charge in [0.05, 0.1) is 35.5 Å². The second-order valence-corrected chi connectivity index (χ2v) is 10.8. The number of Topliss-reactive ketones (excluding diaryl/α,β-unsaturated/α-hetero) is 1. The van der Waals surface area contributed by atoms with Gasteiger partial charge in [-0.1, -0.05) is 61.9 Å². The van der Waals surface area contributed by atoms with Crippen molar-refractivity contribution in [3.8, 4) is 28.1 Å². The van der Waals surface area contributed by atoms with Crippen LogP contribution in [0.15, 0.2) is 72.6 Å². The van der Waals surface area contributed by atoms with Gasteiger partial charge in [0.25, 0.3) is 0 Å². The molecule has 0 aliphatic heterocycles. The second-order valence-electron chi connectivity index (χ2n) is 10.8. The van der Waals surface area contributed by atoms with Gasteiger partial charge in [0.15, 0.2) is 5.78 Å². The zero-order chi connectivity index (χ0) is 26.6. The van der Waals surface area contributed by atoms with E-state index in [2.05, 4.69) is 82.1 Å². The summed E-state index contributed by atoms with van der Waals surface area (Å²) >= 11 is 0. The van der Waals surface area contributed by atoms with Gasteiger partial charge in [0, 0.05) is 28.0 Å². The maximum absolute atomic E-state index is 13.0. The molecular weight excluding hydrogens is 470 g/mol. The van der Waals surface area contributed by atoms with E-state index in [1.165, 1.54) is 11.1 Å². The molecule has 0 fully saturated rings. The fraction of sp³-hybridized carbons (Fsp3) is 0.281.